The van der Waals surface area contributed by atoms with Crippen molar-refractivity contribution < 1.29 is 14.3 Å². The summed E-state index contributed by atoms with van der Waals surface area (Å²) in [6.45, 7) is 3.16. The Hall–Kier alpha value is -2.08. The maximum atomic E-state index is 10.7. The summed E-state index contributed by atoms with van der Waals surface area (Å²) in [6.07, 6.45) is 3.06. The quantitative estimate of drug-likeness (QED) is 0.835. The van der Waals surface area contributed by atoms with Crippen molar-refractivity contribution in [2.75, 3.05) is 0 Å². The van der Waals surface area contributed by atoms with Crippen molar-refractivity contribution in [2.24, 2.45) is 7.05 Å². The molecule has 0 bridgehead atoms. The molecule has 2 aromatic rings. The van der Waals surface area contributed by atoms with Gasteiger partial charge in [-0.05, 0) is 13.0 Å². The van der Waals surface area contributed by atoms with E-state index in [1.54, 1.807) is 0 Å². The molecule has 0 spiro atoms. The van der Waals surface area contributed by atoms with Gasteiger partial charge in [-0.1, -0.05) is 0 Å². The molecule has 18 heavy (non-hydrogen) atoms. The third-order valence-electron chi connectivity index (χ3n) is 2.85. The molecule has 2 N–H and O–H groups in total. The first-order valence-electron chi connectivity index (χ1n) is 5.57. The molecule has 0 saturated heterocycles. The third kappa shape index (κ3) is 2.60. The number of carbonyl (C=O) groups is 1. The Bertz CT molecular complexity index is 557. The van der Waals surface area contributed by atoms with Gasteiger partial charge in [0, 0.05) is 24.8 Å². The summed E-state index contributed by atoms with van der Waals surface area (Å²) in [5.41, 5.74) is 2.39. The van der Waals surface area contributed by atoms with E-state index in [1.807, 2.05) is 24.9 Å². The van der Waals surface area contributed by atoms with Crippen LogP contribution in [-0.4, -0.2) is 20.9 Å². The molecule has 0 unspecified atom stereocenters. The molecule has 96 valence electrons. The molecule has 6 heteroatoms. The number of aromatic carboxylic acids is 1. The lowest BCUT2D eigenvalue weighted by atomic mass is 10.2. The van der Waals surface area contributed by atoms with Crippen LogP contribution in [0.1, 0.15) is 27.4 Å². The van der Waals surface area contributed by atoms with Crippen LogP contribution in [0.2, 0.25) is 0 Å². The van der Waals surface area contributed by atoms with Crippen molar-refractivity contribution in [1.82, 2.24) is 15.1 Å². The van der Waals surface area contributed by atoms with Gasteiger partial charge in [0.25, 0.3) is 0 Å². The van der Waals surface area contributed by atoms with E-state index in [1.165, 1.54) is 12.3 Å². The average molecular weight is 249 g/mol. The zero-order valence-corrected chi connectivity index (χ0v) is 10.3. The fourth-order valence-corrected chi connectivity index (χ4v) is 1.62. The van der Waals surface area contributed by atoms with Gasteiger partial charge in [-0.15, -0.1) is 0 Å². The molecule has 0 aliphatic rings. The van der Waals surface area contributed by atoms with Gasteiger partial charge in [0.05, 0.1) is 18.3 Å². The second-order valence-electron chi connectivity index (χ2n) is 4.09. The molecule has 0 aromatic carbocycles. The molecule has 0 radical (unpaired) electrons. The van der Waals surface area contributed by atoms with Crippen LogP contribution in [0, 0.1) is 6.92 Å². The predicted molar refractivity (Wildman–Crippen MR) is 64.2 cm³/mol. The SMILES string of the molecule is Cc1c(CNCc2cc(C(=O)O)co2)cnn1C. The van der Waals surface area contributed by atoms with Crippen molar-refractivity contribution >= 4 is 5.97 Å². The van der Waals surface area contributed by atoms with Crippen LogP contribution in [0.25, 0.3) is 0 Å². The monoisotopic (exact) mass is 249 g/mol. The standard InChI is InChI=1S/C12H15N3O3/c1-8-10(5-14-15(8)2)4-13-6-11-3-9(7-18-11)12(16)17/h3,5,7,13H,4,6H2,1-2H3,(H,16,17). The molecule has 2 rings (SSSR count). The highest BCUT2D eigenvalue weighted by Gasteiger charge is 2.08. The van der Waals surface area contributed by atoms with Crippen molar-refractivity contribution in [3.8, 4) is 0 Å². The summed E-state index contributed by atoms with van der Waals surface area (Å²) in [7, 11) is 1.89. The molecular weight excluding hydrogens is 234 g/mol. The van der Waals surface area contributed by atoms with Gasteiger partial charge in [-0.2, -0.15) is 5.10 Å². The molecule has 0 fully saturated rings. The molecular formula is C12H15N3O3. The van der Waals surface area contributed by atoms with Gasteiger partial charge in [0.2, 0.25) is 0 Å². The molecule has 0 aliphatic heterocycles. The minimum absolute atomic E-state index is 0.171. The summed E-state index contributed by atoms with van der Waals surface area (Å²) in [6, 6.07) is 1.52. The van der Waals surface area contributed by atoms with E-state index in [-0.39, 0.29) is 5.56 Å². The van der Waals surface area contributed by atoms with E-state index in [4.69, 9.17) is 9.52 Å². The van der Waals surface area contributed by atoms with Crippen molar-refractivity contribution in [3.63, 3.8) is 0 Å². The van der Waals surface area contributed by atoms with E-state index < -0.39 is 5.97 Å². The summed E-state index contributed by atoms with van der Waals surface area (Å²) < 4.78 is 6.95. The summed E-state index contributed by atoms with van der Waals surface area (Å²) >= 11 is 0. The highest BCUT2D eigenvalue weighted by atomic mass is 16.4. The maximum absolute atomic E-state index is 10.7. The van der Waals surface area contributed by atoms with Crippen LogP contribution < -0.4 is 5.32 Å². The Labute approximate surface area is 104 Å². The van der Waals surface area contributed by atoms with Gasteiger partial charge in [-0.3, -0.25) is 4.68 Å². The predicted octanol–water partition coefficient (Wildman–Crippen LogP) is 1.31. The zero-order valence-electron chi connectivity index (χ0n) is 10.3. The number of aromatic nitrogens is 2. The van der Waals surface area contributed by atoms with Gasteiger partial charge < -0.3 is 14.8 Å². The first kappa shape index (κ1) is 12.4. The van der Waals surface area contributed by atoms with Gasteiger partial charge in [-0.25, -0.2) is 4.79 Å². The van der Waals surface area contributed by atoms with E-state index in [0.717, 1.165) is 11.3 Å². The fourth-order valence-electron chi connectivity index (χ4n) is 1.62. The Kier molecular flexibility index (Phi) is 3.47. The van der Waals surface area contributed by atoms with E-state index in [0.29, 0.717) is 18.8 Å². The van der Waals surface area contributed by atoms with Crippen molar-refractivity contribution in [2.45, 2.75) is 20.0 Å². The lowest BCUT2D eigenvalue weighted by Crippen LogP contribution is -2.12. The number of carboxylic acid groups (broad SMARTS) is 1. The summed E-state index contributed by atoms with van der Waals surface area (Å²) in [5, 5.41) is 16.1. The van der Waals surface area contributed by atoms with Crippen LogP contribution in [0.15, 0.2) is 22.9 Å². The van der Waals surface area contributed by atoms with Gasteiger partial charge >= 0.3 is 5.97 Å². The van der Waals surface area contributed by atoms with Crippen LogP contribution in [-0.2, 0) is 20.1 Å². The number of carboxylic acids is 1. The molecule has 2 heterocycles. The Balaban J connectivity index is 1.88. The van der Waals surface area contributed by atoms with E-state index in [2.05, 4.69) is 10.4 Å². The van der Waals surface area contributed by atoms with Gasteiger partial charge in [0.1, 0.15) is 12.0 Å². The molecule has 0 atom stereocenters. The van der Waals surface area contributed by atoms with Crippen molar-refractivity contribution in [3.05, 3.63) is 41.1 Å². The van der Waals surface area contributed by atoms with Crippen LogP contribution >= 0.6 is 0 Å². The number of furan rings is 1. The minimum atomic E-state index is -0.979. The van der Waals surface area contributed by atoms with Crippen molar-refractivity contribution in [1.29, 1.82) is 0 Å². The molecule has 0 saturated carbocycles. The first-order chi connectivity index (χ1) is 8.58. The summed E-state index contributed by atoms with van der Waals surface area (Å²) in [4.78, 5) is 10.7. The van der Waals surface area contributed by atoms with E-state index in [9.17, 15) is 4.79 Å². The largest absolute Gasteiger partial charge is 0.478 e. The lowest BCUT2D eigenvalue weighted by molar-refractivity contribution is 0.0696. The maximum Gasteiger partial charge on any atom is 0.338 e. The highest BCUT2D eigenvalue weighted by Crippen LogP contribution is 2.09. The second kappa shape index (κ2) is 5.05. The lowest BCUT2D eigenvalue weighted by Gasteiger charge is -2.02. The number of hydrogen-bond donors (Lipinski definition) is 2. The number of nitrogens with zero attached hydrogens (tertiary/aromatic N) is 2. The zero-order chi connectivity index (χ0) is 13.1. The topological polar surface area (TPSA) is 80.3 Å². The Morgan fingerprint density at radius 3 is 2.89 bits per heavy atom. The molecule has 0 amide bonds. The average Bonchev–Trinajstić information content (AvgIpc) is 2.91. The Morgan fingerprint density at radius 1 is 1.56 bits per heavy atom. The molecule has 6 nitrogen and oxygen atoms in total. The van der Waals surface area contributed by atoms with E-state index >= 15 is 0 Å². The third-order valence-corrected chi connectivity index (χ3v) is 2.85. The van der Waals surface area contributed by atoms with Crippen LogP contribution in [0.4, 0.5) is 0 Å². The number of nitrogens with one attached hydrogen (secondary N) is 1. The fraction of sp³-hybridized carbons (Fsp3) is 0.333. The Morgan fingerprint density at radius 2 is 2.33 bits per heavy atom. The highest BCUT2D eigenvalue weighted by molar-refractivity contribution is 5.87. The molecule has 2 aromatic heterocycles. The normalized spacial score (nSPS) is 10.8. The number of rotatable bonds is 5. The minimum Gasteiger partial charge on any atom is -0.478 e. The summed E-state index contributed by atoms with van der Waals surface area (Å²) in [5.74, 6) is -0.373. The second-order valence-corrected chi connectivity index (χ2v) is 4.09. The number of aryl methyl sites for hydroxylation is 1. The molecule has 0 aliphatic carbocycles. The van der Waals surface area contributed by atoms with Crippen LogP contribution in [0.5, 0.6) is 0 Å². The first-order valence-corrected chi connectivity index (χ1v) is 5.57. The van der Waals surface area contributed by atoms with Crippen LogP contribution in [0.3, 0.4) is 0 Å². The smallest absolute Gasteiger partial charge is 0.338 e. The number of hydrogen-bond acceptors (Lipinski definition) is 4. The van der Waals surface area contributed by atoms with Gasteiger partial charge in [0.15, 0.2) is 0 Å².